The Kier molecular flexibility index (Phi) is 3.81. The van der Waals surface area contributed by atoms with E-state index in [1.165, 1.54) is 36.8 Å². The summed E-state index contributed by atoms with van der Waals surface area (Å²) in [6.07, 6.45) is 14.9. The van der Waals surface area contributed by atoms with Gasteiger partial charge in [-0.15, -0.1) is 0 Å². The topological polar surface area (TPSA) is 17.1 Å². The number of hydrogen-bond acceptors (Lipinski definition) is 1. The predicted molar refractivity (Wildman–Crippen MR) is 106 cm³/mol. The van der Waals surface area contributed by atoms with Gasteiger partial charge >= 0.3 is 0 Å². The van der Waals surface area contributed by atoms with Crippen LogP contribution in [-0.2, 0) is 4.79 Å². The Labute approximate surface area is 156 Å². The van der Waals surface area contributed by atoms with Crippen molar-refractivity contribution >= 4 is 11.4 Å². The summed E-state index contributed by atoms with van der Waals surface area (Å²) in [6, 6.07) is 11.0. The van der Waals surface area contributed by atoms with Crippen LogP contribution < -0.4 is 0 Å². The van der Waals surface area contributed by atoms with Crippen molar-refractivity contribution in [3.63, 3.8) is 0 Å². The van der Waals surface area contributed by atoms with Gasteiger partial charge in [0.2, 0.25) is 0 Å². The molecule has 0 N–H and O–H groups in total. The molecule has 0 aliphatic heterocycles. The number of fused-ring (bicyclic) bond motifs is 5. The first kappa shape index (κ1) is 16.3. The molecule has 0 spiro atoms. The number of rotatable bonds is 2. The zero-order chi connectivity index (χ0) is 17.7. The van der Waals surface area contributed by atoms with Crippen LogP contribution in [0, 0.1) is 23.2 Å². The molecule has 2 saturated carbocycles. The van der Waals surface area contributed by atoms with Gasteiger partial charge in [0.1, 0.15) is 0 Å². The van der Waals surface area contributed by atoms with Crippen molar-refractivity contribution in [3.8, 4) is 0 Å². The molecule has 4 aliphatic rings. The van der Waals surface area contributed by atoms with Gasteiger partial charge in [0.15, 0.2) is 5.78 Å². The van der Waals surface area contributed by atoms with Crippen molar-refractivity contribution in [2.75, 3.05) is 0 Å². The normalized spacial score (nSPS) is 35.7. The first-order chi connectivity index (χ1) is 12.7. The number of carbonyl (C=O) groups is 1. The Morgan fingerprint density at radius 3 is 2.62 bits per heavy atom. The average molecular weight is 344 g/mol. The van der Waals surface area contributed by atoms with Crippen LogP contribution in [0.3, 0.4) is 0 Å². The monoisotopic (exact) mass is 344 g/mol. The summed E-state index contributed by atoms with van der Waals surface area (Å²) >= 11 is 0. The predicted octanol–water partition coefficient (Wildman–Crippen LogP) is 6.13. The second-order valence-electron chi connectivity index (χ2n) is 8.68. The van der Waals surface area contributed by atoms with Crippen LogP contribution in [0.25, 0.3) is 5.57 Å². The lowest BCUT2D eigenvalue weighted by Crippen LogP contribution is -2.42. The van der Waals surface area contributed by atoms with Gasteiger partial charge in [-0.2, -0.15) is 0 Å². The van der Waals surface area contributed by atoms with Crippen LogP contribution in [0.5, 0.6) is 0 Å². The van der Waals surface area contributed by atoms with Crippen molar-refractivity contribution in [1.82, 2.24) is 0 Å². The second-order valence-corrected chi connectivity index (χ2v) is 8.68. The molecule has 134 valence electrons. The lowest BCUT2D eigenvalue weighted by molar-refractivity contribution is -0.115. The zero-order valence-electron chi connectivity index (χ0n) is 15.7. The highest BCUT2D eigenvalue weighted by Gasteiger charge is 2.51. The van der Waals surface area contributed by atoms with Crippen molar-refractivity contribution in [3.05, 3.63) is 65.3 Å². The molecule has 26 heavy (non-hydrogen) atoms. The molecule has 0 unspecified atom stereocenters. The van der Waals surface area contributed by atoms with Gasteiger partial charge in [-0.25, -0.2) is 0 Å². The van der Waals surface area contributed by atoms with E-state index < -0.39 is 0 Å². The number of hydrogen-bond donors (Lipinski definition) is 0. The molecule has 0 bridgehead atoms. The SMILES string of the molecule is CC[C@]12CC[C@@H]3[C@H]4CCC(=O)C=C4CC[C@H]3C1=CC=C2c1ccccc1. The number of benzene rings is 1. The molecular formula is C25H28O. The largest absolute Gasteiger partial charge is 0.295 e. The lowest BCUT2D eigenvalue weighted by Gasteiger charge is -2.52. The van der Waals surface area contributed by atoms with E-state index in [2.05, 4.69) is 49.4 Å². The minimum atomic E-state index is 0.258. The maximum atomic E-state index is 11.9. The average Bonchev–Trinajstić information content (AvgIpc) is 3.08. The maximum Gasteiger partial charge on any atom is 0.155 e. The fraction of sp³-hybridized carbons (Fsp3) is 0.480. The number of carbonyl (C=O) groups excluding carboxylic acids is 1. The van der Waals surface area contributed by atoms with Crippen molar-refractivity contribution in [2.45, 2.75) is 51.9 Å². The quantitative estimate of drug-likeness (QED) is 0.630. The van der Waals surface area contributed by atoms with Gasteiger partial charge in [-0.05, 0) is 73.5 Å². The van der Waals surface area contributed by atoms with E-state index in [0.29, 0.717) is 11.7 Å². The standard InChI is InChI=1S/C25H28O/c1-2-25-15-14-21-20-11-9-19(26)16-18(20)8-10-22(21)24(25)13-12-23(25)17-6-4-3-5-7-17/h3-7,12-13,16,20-22H,2,8-11,14-15H2,1H3/t20-,21+,22+,25+/m0/s1. The molecule has 2 fully saturated rings. The fourth-order valence-corrected chi connectivity index (χ4v) is 6.60. The van der Waals surface area contributed by atoms with Gasteiger partial charge in [-0.3, -0.25) is 4.79 Å². The molecule has 1 heteroatoms. The van der Waals surface area contributed by atoms with E-state index in [0.717, 1.165) is 31.1 Å². The van der Waals surface area contributed by atoms with Crippen LogP contribution in [-0.4, -0.2) is 5.78 Å². The molecule has 0 aromatic heterocycles. The van der Waals surface area contributed by atoms with E-state index in [9.17, 15) is 4.79 Å². The molecule has 4 aliphatic carbocycles. The van der Waals surface area contributed by atoms with Crippen LogP contribution in [0.4, 0.5) is 0 Å². The molecular weight excluding hydrogens is 316 g/mol. The summed E-state index contributed by atoms with van der Waals surface area (Å²) in [5.74, 6) is 2.51. The van der Waals surface area contributed by atoms with Crippen molar-refractivity contribution in [1.29, 1.82) is 0 Å². The van der Waals surface area contributed by atoms with Crippen molar-refractivity contribution in [2.24, 2.45) is 23.2 Å². The summed E-state index contributed by atoms with van der Waals surface area (Å²) in [6.45, 7) is 2.38. The Bertz CT molecular complexity index is 825. The van der Waals surface area contributed by atoms with Crippen molar-refractivity contribution < 1.29 is 4.79 Å². The van der Waals surface area contributed by atoms with Crippen LogP contribution in [0.1, 0.15) is 57.4 Å². The third kappa shape index (κ3) is 2.25. The van der Waals surface area contributed by atoms with Crippen LogP contribution >= 0.6 is 0 Å². The molecule has 0 saturated heterocycles. The molecule has 0 amide bonds. The summed E-state index contributed by atoms with van der Waals surface area (Å²) in [7, 11) is 0. The first-order valence-electron chi connectivity index (χ1n) is 10.4. The second kappa shape index (κ2) is 6.08. The van der Waals surface area contributed by atoms with E-state index in [4.69, 9.17) is 0 Å². The van der Waals surface area contributed by atoms with E-state index in [-0.39, 0.29) is 5.41 Å². The van der Waals surface area contributed by atoms with E-state index >= 15 is 0 Å². The fourth-order valence-electron chi connectivity index (χ4n) is 6.60. The third-order valence-electron chi connectivity index (χ3n) is 7.79. The highest BCUT2D eigenvalue weighted by atomic mass is 16.1. The lowest BCUT2D eigenvalue weighted by atomic mass is 9.52. The molecule has 1 aromatic rings. The summed E-state index contributed by atoms with van der Waals surface area (Å²) < 4.78 is 0. The summed E-state index contributed by atoms with van der Waals surface area (Å²) in [5, 5.41) is 0. The minimum Gasteiger partial charge on any atom is -0.295 e. The summed E-state index contributed by atoms with van der Waals surface area (Å²) in [5.41, 5.74) is 6.40. The highest BCUT2D eigenvalue weighted by Crippen LogP contribution is 2.63. The van der Waals surface area contributed by atoms with Gasteiger partial charge in [0.05, 0.1) is 0 Å². The highest BCUT2D eigenvalue weighted by molar-refractivity contribution is 5.91. The molecule has 0 radical (unpaired) electrons. The smallest absolute Gasteiger partial charge is 0.155 e. The molecule has 1 nitrogen and oxygen atoms in total. The molecule has 5 rings (SSSR count). The van der Waals surface area contributed by atoms with E-state index in [1.54, 1.807) is 11.1 Å². The summed E-state index contributed by atoms with van der Waals surface area (Å²) in [4.78, 5) is 11.9. The maximum absolute atomic E-state index is 11.9. The third-order valence-corrected chi connectivity index (χ3v) is 7.79. The minimum absolute atomic E-state index is 0.258. The van der Waals surface area contributed by atoms with Gasteiger partial charge in [0, 0.05) is 11.8 Å². The van der Waals surface area contributed by atoms with Crippen LogP contribution in [0.15, 0.2) is 59.7 Å². The van der Waals surface area contributed by atoms with Gasteiger partial charge < -0.3 is 0 Å². The number of ketones is 1. The van der Waals surface area contributed by atoms with E-state index in [1.807, 2.05) is 6.08 Å². The Morgan fingerprint density at radius 1 is 1.00 bits per heavy atom. The molecule has 4 atom stereocenters. The van der Waals surface area contributed by atoms with Gasteiger partial charge in [0.25, 0.3) is 0 Å². The van der Waals surface area contributed by atoms with Crippen LogP contribution in [0.2, 0.25) is 0 Å². The van der Waals surface area contributed by atoms with Gasteiger partial charge in [-0.1, -0.05) is 60.6 Å². The zero-order valence-corrected chi connectivity index (χ0v) is 15.7. The first-order valence-corrected chi connectivity index (χ1v) is 10.4. The Balaban J connectivity index is 1.49. The number of allylic oxidation sites excluding steroid dienone is 6. The molecule has 0 heterocycles. The Morgan fingerprint density at radius 2 is 1.81 bits per heavy atom. The molecule has 1 aromatic carbocycles. The Hall–Kier alpha value is -1.89.